The lowest BCUT2D eigenvalue weighted by molar-refractivity contribution is -0.0703. The van der Waals surface area contributed by atoms with Gasteiger partial charge in [0.25, 0.3) is 5.92 Å². The van der Waals surface area contributed by atoms with Crippen LogP contribution in [0, 0.1) is 12.8 Å². The van der Waals surface area contributed by atoms with Gasteiger partial charge >= 0.3 is 0 Å². The summed E-state index contributed by atoms with van der Waals surface area (Å²) < 4.78 is 53.7. The molecule has 0 amide bonds. The maximum atomic E-state index is 13.6. The molecule has 1 unspecified atom stereocenters. The van der Waals surface area contributed by atoms with Gasteiger partial charge in [-0.2, -0.15) is 0 Å². The first-order valence-corrected chi connectivity index (χ1v) is 7.80. The molecule has 1 aromatic heterocycles. The zero-order valence-corrected chi connectivity index (χ0v) is 11.9. The molecule has 20 heavy (non-hydrogen) atoms. The van der Waals surface area contributed by atoms with Crippen LogP contribution in [0.5, 0.6) is 0 Å². The zero-order chi connectivity index (χ0) is 14.8. The number of halogens is 2. The summed E-state index contributed by atoms with van der Waals surface area (Å²) in [6.07, 6.45) is 2.94. The largest absolute Gasteiger partial charge is 0.311 e. The summed E-state index contributed by atoms with van der Waals surface area (Å²) in [5.41, 5.74) is 0.532. The highest BCUT2D eigenvalue weighted by atomic mass is 32.2. The second-order valence-corrected chi connectivity index (χ2v) is 6.65. The number of aromatic nitrogens is 1. The van der Waals surface area contributed by atoms with Crippen molar-refractivity contribution in [1.82, 2.24) is 15.0 Å². The number of pyridine rings is 1. The van der Waals surface area contributed by atoms with Crippen molar-refractivity contribution in [3.05, 3.63) is 24.0 Å². The average molecular weight is 305 g/mol. The fourth-order valence-electron chi connectivity index (χ4n) is 2.16. The fourth-order valence-corrected chi connectivity index (χ4v) is 3.42. The summed E-state index contributed by atoms with van der Waals surface area (Å²) in [6.45, 7) is 1.42. The number of hydrogen-bond acceptors (Lipinski definition) is 4. The van der Waals surface area contributed by atoms with E-state index in [-0.39, 0.29) is 17.9 Å². The van der Waals surface area contributed by atoms with E-state index in [4.69, 9.17) is 0 Å². The van der Waals surface area contributed by atoms with Crippen LogP contribution >= 0.6 is 0 Å². The minimum absolute atomic E-state index is 0.0252. The van der Waals surface area contributed by atoms with Crippen molar-refractivity contribution in [3.63, 3.8) is 0 Å². The summed E-state index contributed by atoms with van der Waals surface area (Å²) in [5, 5.41) is 2.61. The number of piperidine rings is 1. The Balaban J connectivity index is 2.08. The lowest BCUT2D eigenvalue weighted by atomic mass is 9.94. The minimum Gasteiger partial charge on any atom is -0.311 e. The van der Waals surface area contributed by atoms with Crippen LogP contribution < -0.4 is 10.0 Å². The third kappa shape index (κ3) is 3.31. The van der Waals surface area contributed by atoms with Gasteiger partial charge in [-0.25, -0.2) is 21.9 Å². The van der Waals surface area contributed by atoms with Crippen molar-refractivity contribution < 1.29 is 17.2 Å². The van der Waals surface area contributed by atoms with E-state index in [1.54, 1.807) is 13.0 Å². The molecular formula is C12H17F2N3O2S. The minimum atomic E-state index is -3.81. The lowest BCUT2D eigenvalue weighted by Gasteiger charge is -2.31. The molecule has 1 aliphatic heterocycles. The highest BCUT2D eigenvalue weighted by Crippen LogP contribution is 2.29. The van der Waals surface area contributed by atoms with Crippen molar-refractivity contribution >= 4 is 10.0 Å². The number of nitrogens with zero attached hydrogens (tertiary/aromatic N) is 1. The normalized spacial score (nSPS) is 22.6. The summed E-state index contributed by atoms with van der Waals surface area (Å²) in [6, 6.07) is 1.56. The van der Waals surface area contributed by atoms with Gasteiger partial charge in [-0.1, -0.05) is 0 Å². The van der Waals surface area contributed by atoms with E-state index in [1.807, 2.05) is 0 Å². The van der Waals surface area contributed by atoms with E-state index in [2.05, 4.69) is 15.0 Å². The quantitative estimate of drug-likeness (QED) is 0.867. The Morgan fingerprint density at radius 3 is 2.95 bits per heavy atom. The number of alkyl halides is 2. The summed E-state index contributed by atoms with van der Waals surface area (Å²) >= 11 is 0. The van der Waals surface area contributed by atoms with Gasteiger partial charge < -0.3 is 5.32 Å². The maximum absolute atomic E-state index is 13.6. The maximum Gasteiger partial charge on any atom is 0.264 e. The van der Waals surface area contributed by atoms with E-state index in [9.17, 15) is 17.2 Å². The van der Waals surface area contributed by atoms with E-state index in [0.29, 0.717) is 12.1 Å². The number of rotatable bonds is 4. The van der Waals surface area contributed by atoms with Gasteiger partial charge in [-0.3, -0.25) is 4.98 Å². The molecule has 0 radical (unpaired) electrons. The number of nitrogens with one attached hydrogen (secondary N) is 2. The van der Waals surface area contributed by atoms with Crippen molar-refractivity contribution in [2.24, 2.45) is 5.92 Å². The average Bonchev–Trinajstić information content (AvgIpc) is 2.37. The standard InChI is InChI=1S/C12H17F2N3O2S/c1-9-2-4-15-7-11(9)20(18,19)17-6-10-3-5-16-8-12(10,13)14/h2,4,7,10,16-17H,3,5-6,8H2,1H3. The molecule has 0 aromatic carbocycles. The third-order valence-corrected chi connectivity index (χ3v) is 4.98. The lowest BCUT2D eigenvalue weighted by Crippen LogP contribution is -2.50. The van der Waals surface area contributed by atoms with Crippen molar-refractivity contribution in [1.29, 1.82) is 0 Å². The summed E-state index contributed by atoms with van der Waals surface area (Å²) in [5.74, 6) is -3.89. The van der Waals surface area contributed by atoms with E-state index in [0.717, 1.165) is 0 Å². The Hall–Kier alpha value is -1.12. The Morgan fingerprint density at radius 2 is 2.30 bits per heavy atom. The predicted octanol–water partition coefficient (Wildman–Crippen LogP) is 0.913. The molecule has 1 saturated heterocycles. The van der Waals surface area contributed by atoms with Crippen LogP contribution in [0.3, 0.4) is 0 Å². The molecule has 1 aliphatic rings. The molecule has 0 bridgehead atoms. The van der Waals surface area contributed by atoms with Crippen molar-refractivity contribution in [2.45, 2.75) is 24.2 Å². The van der Waals surface area contributed by atoms with Crippen LogP contribution in [-0.4, -0.2) is 39.0 Å². The van der Waals surface area contributed by atoms with Crippen LogP contribution in [0.4, 0.5) is 8.78 Å². The summed E-state index contributed by atoms with van der Waals surface area (Å²) in [7, 11) is -3.81. The van der Waals surface area contributed by atoms with Gasteiger partial charge in [0.1, 0.15) is 4.90 Å². The SMILES string of the molecule is Cc1ccncc1S(=O)(=O)NCC1CCNCC1(F)F. The topological polar surface area (TPSA) is 71.1 Å². The van der Waals surface area contributed by atoms with Crippen molar-refractivity contribution in [2.75, 3.05) is 19.6 Å². The van der Waals surface area contributed by atoms with Crippen LogP contribution in [0.15, 0.2) is 23.4 Å². The molecule has 2 heterocycles. The monoisotopic (exact) mass is 305 g/mol. The molecule has 0 saturated carbocycles. The Labute approximate surface area is 116 Å². The third-order valence-electron chi connectivity index (χ3n) is 3.43. The van der Waals surface area contributed by atoms with E-state index >= 15 is 0 Å². The van der Waals surface area contributed by atoms with Gasteiger partial charge in [0.15, 0.2) is 0 Å². The van der Waals surface area contributed by atoms with E-state index in [1.165, 1.54) is 12.4 Å². The Morgan fingerprint density at radius 1 is 1.55 bits per heavy atom. The van der Waals surface area contributed by atoms with Gasteiger partial charge in [-0.05, 0) is 31.5 Å². The molecular weight excluding hydrogens is 288 g/mol. The zero-order valence-electron chi connectivity index (χ0n) is 11.1. The molecule has 2 N–H and O–H groups in total. The van der Waals surface area contributed by atoms with Crippen molar-refractivity contribution in [3.8, 4) is 0 Å². The molecule has 8 heteroatoms. The highest BCUT2D eigenvalue weighted by Gasteiger charge is 2.41. The number of hydrogen-bond donors (Lipinski definition) is 2. The molecule has 1 atom stereocenters. The molecule has 112 valence electrons. The first kappa shape index (κ1) is 15.3. The highest BCUT2D eigenvalue weighted by molar-refractivity contribution is 7.89. The van der Waals surface area contributed by atoms with Gasteiger partial charge in [0, 0.05) is 24.9 Å². The van der Waals surface area contributed by atoms with E-state index < -0.39 is 28.4 Å². The number of sulfonamides is 1. The predicted molar refractivity (Wildman–Crippen MR) is 70.1 cm³/mol. The second kappa shape index (κ2) is 5.71. The van der Waals surface area contributed by atoms with Crippen LogP contribution in [0.2, 0.25) is 0 Å². The molecule has 5 nitrogen and oxygen atoms in total. The second-order valence-electron chi connectivity index (χ2n) is 4.92. The van der Waals surface area contributed by atoms with Crippen LogP contribution in [0.25, 0.3) is 0 Å². The molecule has 2 rings (SSSR count). The number of aryl methyl sites for hydroxylation is 1. The molecule has 0 aliphatic carbocycles. The molecule has 0 spiro atoms. The van der Waals surface area contributed by atoms with Crippen LogP contribution in [0.1, 0.15) is 12.0 Å². The molecule has 1 aromatic rings. The van der Waals surface area contributed by atoms with Gasteiger partial charge in [0.2, 0.25) is 10.0 Å². The van der Waals surface area contributed by atoms with Gasteiger partial charge in [0.05, 0.1) is 6.54 Å². The molecule has 1 fully saturated rings. The fraction of sp³-hybridized carbons (Fsp3) is 0.583. The summed E-state index contributed by atoms with van der Waals surface area (Å²) in [4.78, 5) is 3.78. The first-order chi connectivity index (χ1) is 9.33. The smallest absolute Gasteiger partial charge is 0.264 e. The first-order valence-electron chi connectivity index (χ1n) is 6.32. The van der Waals surface area contributed by atoms with Crippen LogP contribution in [-0.2, 0) is 10.0 Å². The Kier molecular flexibility index (Phi) is 4.36. The Bertz CT molecular complexity index is 578. The van der Waals surface area contributed by atoms with Gasteiger partial charge in [-0.15, -0.1) is 0 Å².